The Balaban J connectivity index is 0.00000672. The van der Waals surface area contributed by atoms with Gasteiger partial charge in [0, 0.05) is 44.3 Å². The van der Waals surface area contributed by atoms with E-state index in [-0.39, 0.29) is 85.9 Å². The Morgan fingerprint density at radius 1 is 0.591 bits per heavy atom. The number of para-hydroxylation sites is 4. The van der Waals surface area contributed by atoms with Crippen molar-refractivity contribution >= 4 is 32.8 Å². The molecule has 6 heteroatoms. The second-order valence-electron chi connectivity index (χ2n) is 19.6. The number of hydrogen-bond acceptors (Lipinski definition) is 2. The van der Waals surface area contributed by atoms with E-state index in [2.05, 4.69) is 62.0 Å². The molecule has 0 radical (unpaired) electrons. The van der Waals surface area contributed by atoms with Gasteiger partial charge in [-0.2, -0.15) is 18.2 Å². The van der Waals surface area contributed by atoms with Crippen LogP contribution in [0.1, 0.15) is 90.0 Å². The Morgan fingerprint density at radius 3 is 1.86 bits per heavy atom. The van der Waals surface area contributed by atoms with E-state index in [1.165, 1.54) is 0 Å². The molecular weight excluding hydrogens is 988 g/mol. The van der Waals surface area contributed by atoms with Crippen LogP contribution in [0.4, 0.5) is 0 Å². The number of hydrogen-bond donors (Lipinski definition) is 0. The van der Waals surface area contributed by atoms with Crippen molar-refractivity contribution in [3.8, 4) is 50.9 Å². The molecule has 3 heterocycles. The van der Waals surface area contributed by atoms with Crippen LogP contribution < -0.4 is 9.30 Å². The van der Waals surface area contributed by atoms with Gasteiger partial charge in [0.25, 0.3) is 6.33 Å². The SMILES string of the molecule is [2H]c1c([2H])c(-c2cccc(-c3c([2H])c([2H])c([2H])c(C(C)(C)C)c3[2H])c2-[n+]2[c-]n(-c3[c-]c(Oc4[c-]c5c(cc4)c4ccccc4n5-c4cc(C(C)(C)C)ccn4)ccc3)c3ccccc32)c([2H])c(C(C)(C)C)c1[2H].[Pt]. The third-order valence-corrected chi connectivity index (χ3v) is 11.7. The smallest absolute Gasteiger partial charge is 0.268 e. The van der Waals surface area contributed by atoms with Crippen LogP contribution in [0.25, 0.3) is 72.3 Å². The largest absolute Gasteiger partial charge is 0.510 e. The number of aromatic nitrogens is 4. The number of rotatable bonds is 7. The van der Waals surface area contributed by atoms with Crippen molar-refractivity contribution in [2.75, 3.05) is 0 Å². The van der Waals surface area contributed by atoms with Crippen molar-refractivity contribution in [2.24, 2.45) is 0 Å². The number of pyridine rings is 1. The summed E-state index contributed by atoms with van der Waals surface area (Å²) in [6.45, 7) is 17.8. The summed E-state index contributed by atoms with van der Waals surface area (Å²) >= 11 is 0. The summed E-state index contributed by atoms with van der Waals surface area (Å²) in [5.74, 6) is 1.64. The average molecular weight is 1050 g/mol. The molecule has 0 unspecified atom stereocenters. The van der Waals surface area contributed by atoms with Gasteiger partial charge < -0.3 is 13.9 Å². The van der Waals surface area contributed by atoms with Crippen LogP contribution in [0.5, 0.6) is 11.5 Å². The molecule has 10 rings (SSSR count). The van der Waals surface area contributed by atoms with Crippen molar-refractivity contribution in [2.45, 2.75) is 78.6 Å². The van der Waals surface area contributed by atoms with Crippen molar-refractivity contribution in [3.05, 3.63) is 199 Å². The van der Waals surface area contributed by atoms with Gasteiger partial charge in [0.1, 0.15) is 5.82 Å². The Morgan fingerprint density at radius 2 is 1.20 bits per heavy atom. The number of fused-ring (bicyclic) bond motifs is 4. The van der Waals surface area contributed by atoms with E-state index in [1.807, 2.05) is 125 Å². The minimum Gasteiger partial charge on any atom is -0.510 e. The zero-order chi connectivity index (χ0) is 52.2. The van der Waals surface area contributed by atoms with Crippen LogP contribution in [-0.2, 0) is 37.3 Å². The predicted molar refractivity (Wildman–Crippen MR) is 267 cm³/mol. The molecule has 10 aromatic rings. The fraction of sp³-hybridized carbons (Fsp3) is 0.200. The van der Waals surface area contributed by atoms with Gasteiger partial charge in [0.2, 0.25) is 0 Å². The van der Waals surface area contributed by atoms with Gasteiger partial charge in [-0.3, -0.25) is 4.57 Å². The minimum atomic E-state index is -0.742. The molecule has 0 bridgehead atoms. The zero-order valence-electron chi connectivity index (χ0n) is 46.5. The summed E-state index contributed by atoms with van der Waals surface area (Å²) in [5.41, 5.74) is 5.05. The average Bonchev–Trinajstić information content (AvgIpc) is 3.88. The van der Waals surface area contributed by atoms with Gasteiger partial charge in [-0.15, -0.1) is 29.7 Å². The molecule has 0 atom stereocenters. The molecule has 0 aliphatic carbocycles. The van der Waals surface area contributed by atoms with E-state index >= 15 is 0 Å². The third kappa shape index (κ3) is 8.31. The predicted octanol–water partition coefficient (Wildman–Crippen LogP) is 14.8. The summed E-state index contributed by atoms with van der Waals surface area (Å²) in [6, 6.07) is 39.9. The Kier molecular flexibility index (Phi) is 9.20. The second-order valence-corrected chi connectivity index (χ2v) is 19.6. The fourth-order valence-corrected chi connectivity index (χ4v) is 8.22. The van der Waals surface area contributed by atoms with Gasteiger partial charge in [-0.05, 0) is 84.5 Å². The standard InChI is InChI=1S/C60H54N4O.Pt/c1-58(2,3)42-20-14-18-40(34-42)48-25-17-26-49(41-19-15-21-43(35-41)59(4,5)6)57(48)63-39-62(53-28-12-13-29-54(53)63)45-22-16-23-46(37-45)65-47-30-31-51-50-24-10-11-27-52(50)64(55(51)38-47)56-36-44(32-33-61-56)60(7,8)9;/h10-36H,1-9H3;/q-2;/i14D,15D,18D,19D,20D,21D,34D,35D;. The van der Waals surface area contributed by atoms with E-state index in [4.69, 9.17) is 15.2 Å². The van der Waals surface area contributed by atoms with Crippen molar-refractivity contribution in [1.82, 2.24) is 14.1 Å². The summed E-state index contributed by atoms with van der Waals surface area (Å²) in [6.07, 6.45) is 5.39. The molecule has 0 spiro atoms. The number of benzene rings is 7. The molecule has 0 N–H and O–H groups in total. The first-order chi connectivity index (χ1) is 34.5. The Bertz CT molecular complexity index is 3800. The molecule has 0 saturated carbocycles. The van der Waals surface area contributed by atoms with Crippen molar-refractivity contribution in [3.63, 3.8) is 0 Å². The molecule has 0 aliphatic heterocycles. The summed E-state index contributed by atoms with van der Waals surface area (Å²) in [7, 11) is 0. The van der Waals surface area contributed by atoms with E-state index in [0.29, 0.717) is 56.2 Å². The third-order valence-electron chi connectivity index (χ3n) is 11.7. The summed E-state index contributed by atoms with van der Waals surface area (Å²) in [5, 5.41) is 2.06. The summed E-state index contributed by atoms with van der Waals surface area (Å²) < 4.78 is 86.4. The van der Waals surface area contributed by atoms with E-state index < -0.39 is 10.8 Å². The van der Waals surface area contributed by atoms with Gasteiger partial charge in [0.05, 0.1) is 27.7 Å². The first-order valence-electron chi connectivity index (χ1n) is 25.9. The number of ether oxygens (including phenoxy) is 1. The second kappa shape index (κ2) is 17.0. The first-order valence-corrected chi connectivity index (χ1v) is 21.9. The van der Waals surface area contributed by atoms with Crippen LogP contribution in [0.2, 0.25) is 0 Å². The van der Waals surface area contributed by atoms with Gasteiger partial charge in [-0.25, -0.2) is 4.98 Å². The van der Waals surface area contributed by atoms with Crippen LogP contribution in [-0.4, -0.2) is 14.1 Å². The van der Waals surface area contributed by atoms with Gasteiger partial charge in [-0.1, -0.05) is 177 Å². The molecular formula is C60H54N4OPt-2. The van der Waals surface area contributed by atoms with Crippen LogP contribution in [0.3, 0.4) is 0 Å². The van der Waals surface area contributed by atoms with Gasteiger partial charge >= 0.3 is 0 Å². The fourth-order valence-electron chi connectivity index (χ4n) is 8.22. The van der Waals surface area contributed by atoms with Crippen molar-refractivity contribution < 1.29 is 41.3 Å². The maximum absolute atomic E-state index is 9.69. The molecule has 7 aromatic carbocycles. The summed E-state index contributed by atoms with van der Waals surface area (Å²) in [4.78, 5) is 4.83. The van der Waals surface area contributed by atoms with E-state index in [0.717, 1.165) is 33.2 Å². The minimum absolute atomic E-state index is 0. The quantitative estimate of drug-likeness (QED) is 0.118. The molecule has 0 aliphatic rings. The zero-order valence-corrected chi connectivity index (χ0v) is 40.8. The normalized spacial score (nSPS) is 13.9. The monoisotopic (exact) mass is 1050 g/mol. The molecule has 0 amide bonds. The molecule has 332 valence electrons. The maximum atomic E-state index is 9.69. The van der Waals surface area contributed by atoms with Crippen LogP contribution in [0.15, 0.2) is 164 Å². The first kappa shape index (κ1) is 35.7. The van der Waals surface area contributed by atoms with E-state index in [1.54, 1.807) is 22.8 Å². The van der Waals surface area contributed by atoms with Gasteiger partial charge in [0.15, 0.2) is 0 Å². The Labute approximate surface area is 414 Å². The topological polar surface area (TPSA) is 35.9 Å². The Hall–Kier alpha value is -6.55. The van der Waals surface area contributed by atoms with Crippen LogP contribution >= 0.6 is 0 Å². The number of imidazole rings is 1. The van der Waals surface area contributed by atoms with Crippen LogP contribution in [0, 0.1) is 18.5 Å². The molecule has 5 nitrogen and oxygen atoms in total. The maximum Gasteiger partial charge on any atom is 0.268 e. The molecule has 3 aromatic heterocycles. The van der Waals surface area contributed by atoms with Crippen molar-refractivity contribution in [1.29, 1.82) is 0 Å². The van der Waals surface area contributed by atoms with E-state index in [9.17, 15) is 5.48 Å². The number of nitrogens with zero attached hydrogens (tertiary/aromatic N) is 4. The molecule has 66 heavy (non-hydrogen) atoms. The molecule has 0 saturated heterocycles. The molecule has 0 fully saturated rings.